The Balaban J connectivity index is 3.32. The minimum atomic E-state index is -0.468. The van der Waals surface area contributed by atoms with Crippen molar-refractivity contribution in [2.45, 2.75) is 39.2 Å². The number of carbonyl (C=O) groups is 2. The average Bonchev–Trinajstić information content (AvgIpc) is 2.35. The summed E-state index contributed by atoms with van der Waals surface area (Å²) in [6.07, 6.45) is 5.29. The maximum absolute atomic E-state index is 11.4. The number of rotatable bonds is 10. The van der Waals surface area contributed by atoms with Crippen molar-refractivity contribution in [2.75, 3.05) is 33.0 Å². The Morgan fingerprint density at radius 2 is 1.71 bits per heavy atom. The van der Waals surface area contributed by atoms with Crippen molar-refractivity contribution in [1.82, 2.24) is 5.32 Å². The molecule has 6 heteroatoms. The number of ether oxygens (including phenoxy) is 3. The molecule has 0 saturated heterocycles. The zero-order chi connectivity index (χ0) is 16.1. The van der Waals surface area contributed by atoms with Gasteiger partial charge in [-0.15, -0.1) is 6.42 Å². The van der Waals surface area contributed by atoms with E-state index in [-0.39, 0.29) is 24.7 Å². The van der Waals surface area contributed by atoms with E-state index in [2.05, 4.69) is 11.2 Å². The van der Waals surface area contributed by atoms with Crippen LogP contribution in [0.2, 0.25) is 0 Å². The topological polar surface area (TPSA) is 73.9 Å². The highest BCUT2D eigenvalue weighted by molar-refractivity contribution is 5.78. The Hall–Kier alpha value is -1.58. The number of hydrogen-bond acceptors (Lipinski definition) is 5. The lowest BCUT2D eigenvalue weighted by atomic mass is 10.2. The molecule has 0 unspecified atom stereocenters. The molecule has 0 spiro atoms. The van der Waals surface area contributed by atoms with Crippen LogP contribution in [0.1, 0.15) is 33.6 Å². The van der Waals surface area contributed by atoms with Crippen LogP contribution < -0.4 is 5.32 Å². The monoisotopic (exact) mass is 299 g/mol. The summed E-state index contributed by atoms with van der Waals surface area (Å²) in [5.74, 6) is 1.79. The summed E-state index contributed by atoms with van der Waals surface area (Å²) < 4.78 is 15.6. The molecule has 120 valence electrons. The second kappa shape index (κ2) is 11.1. The lowest BCUT2D eigenvalue weighted by Crippen LogP contribution is -2.27. The number of carbonyl (C=O) groups excluding carboxylic acids is 2. The van der Waals surface area contributed by atoms with Gasteiger partial charge in [0.15, 0.2) is 0 Å². The Kier molecular flexibility index (Phi) is 10.3. The van der Waals surface area contributed by atoms with Crippen LogP contribution in [0.15, 0.2) is 0 Å². The smallest absolute Gasteiger partial charge is 0.308 e. The third kappa shape index (κ3) is 14.6. The molecular formula is C15H25NO5. The first-order chi connectivity index (χ1) is 9.85. The molecule has 0 atom stereocenters. The fraction of sp³-hybridized carbons (Fsp3) is 0.733. The fourth-order valence-corrected chi connectivity index (χ4v) is 1.29. The summed E-state index contributed by atoms with van der Waals surface area (Å²) in [5.41, 5.74) is -0.468. The molecule has 0 rings (SSSR count). The number of hydrogen-bond donors (Lipinski definition) is 1. The van der Waals surface area contributed by atoms with E-state index in [1.54, 1.807) is 0 Å². The van der Waals surface area contributed by atoms with Gasteiger partial charge < -0.3 is 19.5 Å². The quantitative estimate of drug-likeness (QED) is 0.368. The van der Waals surface area contributed by atoms with Crippen LogP contribution in [0.25, 0.3) is 0 Å². The van der Waals surface area contributed by atoms with Crippen molar-refractivity contribution in [2.24, 2.45) is 0 Å². The van der Waals surface area contributed by atoms with Gasteiger partial charge in [-0.3, -0.25) is 9.59 Å². The van der Waals surface area contributed by atoms with Crippen LogP contribution in [-0.2, 0) is 23.8 Å². The Bertz CT molecular complexity index is 354. The minimum absolute atomic E-state index is 0.0772. The van der Waals surface area contributed by atoms with Crippen LogP contribution in [-0.4, -0.2) is 50.4 Å². The van der Waals surface area contributed by atoms with Gasteiger partial charge in [0, 0.05) is 6.54 Å². The van der Waals surface area contributed by atoms with E-state index < -0.39 is 5.60 Å². The van der Waals surface area contributed by atoms with Gasteiger partial charge in [0.1, 0.15) is 5.60 Å². The summed E-state index contributed by atoms with van der Waals surface area (Å²) in [7, 11) is 0. The highest BCUT2D eigenvalue weighted by Gasteiger charge is 2.15. The van der Waals surface area contributed by atoms with Crippen molar-refractivity contribution >= 4 is 11.9 Å². The van der Waals surface area contributed by atoms with Crippen molar-refractivity contribution in [3.8, 4) is 12.3 Å². The highest BCUT2D eigenvalue weighted by atomic mass is 16.6. The van der Waals surface area contributed by atoms with Gasteiger partial charge in [0.05, 0.1) is 39.3 Å². The maximum atomic E-state index is 11.4. The first kappa shape index (κ1) is 19.4. The summed E-state index contributed by atoms with van der Waals surface area (Å²) >= 11 is 0. The van der Waals surface area contributed by atoms with E-state index in [4.69, 9.17) is 20.6 Å². The standard InChI is InChI=1S/C15H25NO5/c1-5-6-13(17)16-8-10-20-12-11-19-9-7-14(18)21-15(2,3)4/h1H,6-12H2,2-4H3,(H,16,17). The number of nitrogens with one attached hydrogen (secondary N) is 1. The maximum Gasteiger partial charge on any atom is 0.308 e. The second-order valence-electron chi connectivity index (χ2n) is 5.29. The van der Waals surface area contributed by atoms with E-state index in [0.717, 1.165) is 0 Å². The number of terminal acetylenes is 1. The Morgan fingerprint density at radius 1 is 1.10 bits per heavy atom. The van der Waals surface area contributed by atoms with Crippen LogP contribution >= 0.6 is 0 Å². The molecule has 0 radical (unpaired) electrons. The summed E-state index contributed by atoms with van der Waals surface area (Å²) in [5, 5.41) is 2.61. The SMILES string of the molecule is C#CCC(=O)NCCOCCOCCC(=O)OC(C)(C)C. The Morgan fingerprint density at radius 3 is 2.29 bits per heavy atom. The lowest BCUT2D eigenvalue weighted by Gasteiger charge is -2.19. The van der Waals surface area contributed by atoms with Gasteiger partial charge in [-0.1, -0.05) is 5.92 Å². The molecule has 21 heavy (non-hydrogen) atoms. The zero-order valence-corrected chi connectivity index (χ0v) is 13.1. The van der Waals surface area contributed by atoms with E-state index in [1.807, 2.05) is 20.8 Å². The van der Waals surface area contributed by atoms with Crippen molar-refractivity contribution in [1.29, 1.82) is 0 Å². The van der Waals surface area contributed by atoms with Crippen molar-refractivity contribution in [3.63, 3.8) is 0 Å². The summed E-state index contributed by atoms with van der Waals surface area (Å²) in [6.45, 7) is 7.37. The predicted octanol–water partition coefficient (Wildman–Crippen LogP) is 0.891. The normalized spacial score (nSPS) is 10.8. The number of esters is 1. The molecule has 0 bridgehead atoms. The molecule has 0 fully saturated rings. The van der Waals surface area contributed by atoms with Gasteiger partial charge in [0.25, 0.3) is 0 Å². The first-order valence-electron chi connectivity index (χ1n) is 6.92. The summed E-state index contributed by atoms with van der Waals surface area (Å²) in [6, 6.07) is 0. The third-order valence-electron chi connectivity index (χ3n) is 2.07. The van der Waals surface area contributed by atoms with E-state index >= 15 is 0 Å². The van der Waals surface area contributed by atoms with Crippen LogP contribution in [0.4, 0.5) is 0 Å². The Labute approximate surface area is 126 Å². The second-order valence-corrected chi connectivity index (χ2v) is 5.29. The third-order valence-corrected chi connectivity index (χ3v) is 2.07. The fourth-order valence-electron chi connectivity index (χ4n) is 1.29. The van der Waals surface area contributed by atoms with E-state index in [9.17, 15) is 9.59 Å². The van der Waals surface area contributed by atoms with Crippen LogP contribution in [0, 0.1) is 12.3 Å². The average molecular weight is 299 g/mol. The first-order valence-corrected chi connectivity index (χ1v) is 6.92. The van der Waals surface area contributed by atoms with Crippen molar-refractivity contribution < 1.29 is 23.8 Å². The van der Waals surface area contributed by atoms with Gasteiger partial charge in [-0.2, -0.15) is 0 Å². The predicted molar refractivity (Wildman–Crippen MR) is 78.6 cm³/mol. The van der Waals surface area contributed by atoms with E-state index in [1.165, 1.54) is 0 Å². The van der Waals surface area contributed by atoms with Gasteiger partial charge >= 0.3 is 5.97 Å². The molecule has 0 aliphatic heterocycles. The molecule has 0 aliphatic carbocycles. The molecule has 0 aromatic carbocycles. The molecule has 1 N–H and O–H groups in total. The molecule has 0 aliphatic rings. The van der Waals surface area contributed by atoms with Gasteiger partial charge in [-0.25, -0.2) is 0 Å². The molecular weight excluding hydrogens is 274 g/mol. The molecule has 0 saturated carbocycles. The van der Waals surface area contributed by atoms with Crippen LogP contribution in [0.5, 0.6) is 0 Å². The van der Waals surface area contributed by atoms with Crippen molar-refractivity contribution in [3.05, 3.63) is 0 Å². The zero-order valence-electron chi connectivity index (χ0n) is 13.1. The van der Waals surface area contributed by atoms with Gasteiger partial charge in [0.2, 0.25) is 5.91 Å². The van der Waals surface area contributed by atoms with Gasteiger partial charge in [-0.05, 0) is 20.8 Å². The minimum Gasteiger partial charge on any atom is -0.460 e. The van der Waals surface area contributed by atoms with E-state index in [0.29, 0.717) is 33.0 Å². The molecule has 1 amide bonds. The lowest BCUT2D eigenvalue weighted by molar-refractivity contribution is -0.156. The molecule has 6 nitrogen and oxygen atoms in total. The number of amides is 1. The molecule has 0 heterocycles. The largest absolute Gasteiger partial charge is 0.460 e. The highest BCUT2D eigenvalue weighted by Crippen LogP contribution is 2.07. The molecule has 0 aromatic heterocycles. The molecule has 0 aromatic rings. The summed E-state index contributed by atoms with van der Waals surface area (Å²) in [4.78, 5) is 22.4. The van der Waals surface area contributed by atoms with Crippen LogP contribution in [0.3, 0.4) is 0 Å².